The average Bonchev–Trinajstić information content (AvgIpc) is 3.14. The molecule has 1 heterocycles. The van der Waals surface area contributed by atoms with Gasteiger partial charge < -0.3 is 15.5 Å². The number of nitrogens with two attached hydrogens (primary N) is 1. The predicted octanol–water partition coefficient (Wildman–Crippen LogP) is 4.28. The molecule has 0 spiro atoms. The molecule has 8 heteroatoms. The van der Waals surface area contributed by atoms with Crippen LogP contribution < -0.4 is 11.1 Å². The van der Waals surface area contributed by atoms with Gasteiger partial charge in [0.05, 0.1) is 11.8 Å². The van der Waals surface area contributed by atoms with Gasteiger partial charge in [-0.1, -0.05) is 31.4 Å². The molecule has 1 saturated carbocycles. The second kappa shape index (κ2) is 12.0. The SMILES string of the molecule is Cl.Cl.NCC(NC(=O)CCc1ncc(-c2ccccc2F)o1)C1CCCCC1. The lowest BCUT2D eigenvalue weighted by Crippen LogP contribution is -2.46. The molecular weight excluding hydrogens is 404 g/mol. The number of oxazole rings is 1. The lowest BCUT2D eigenvalue weighted by molar-refractivity contribution is -0.122. The Hall–Kier alpha value is -1.63. The molecule has 5 nitrogen and oxygen atoms in total. The normalized spacial score (nSPS) is 15.2. The van der Waals surface area contributed by atoms with Crippen LogP contribution in [0, 0.1) is 11.7 Å². The van der Waals surface area contributed by atoms with Gasteiger partial charge in [-0.3, -0.25) is 4.79 Å². The molecule has 0 bridgehead atoms. The van der Waals surface area contributed by atoms with Gasteiger partial charge in [0.25, 0.3) is 0 Å². The summed E-state index contributed by atoms with van der Waals surface area (Å²) < 4.78 is 19.4. The molecule has 1 atom stereocenters. The zero-order chi connectivity index (χ0) is 18.4. The number of benzene rings is 1. The molecular formula is C20H28Cl2FN3O2. The molecule has 1 fully saturated rings. The summed E-state index contributed by atoms with van der Waals surface area (Å²) in [4.78, 5) is 16.4. The number of halogens is 3. The van der Waals surface area contributed by atoms with Gasteiger partial charge in [-0.05, 0) is 30.9 Å². The van der Waals surface area contributed by atoms with Gasteiger partial charge in [0, 0.05) is 25.4 Å². The minimum Gasteiger partial charge on any atom is -0.441 e. The average molecular weight is 432 g/mol. The van der Waals surface area contributed by atoms with Gasteiger partial charge in [0.2, 0.25) is 5.91 Å². The summed E-state index contributed by atoms with van der Waals surface area (Å²) in [5.74, 6) is 0.885. The number of rotatable bonds is 7. The number of hydrogen-bond donors (Lipinski definition) is 2. The van der Waals surface area contributed by atoms with Gasteiger partial charge in [0.15, 0.2) is 11.7 Å². The third-order valence-electron chi connectivity index (χ3n) is 5.08. The molecule has 156 valence electrons. The Morgan fingerprint density at radius 1 is 1.25 bits per heavy atom. The topological polar surface area (TPSA) is 81.1 Å². The van der Waals surface area contributed by atoms with Crippen molar-refractivity contribution < 1.29 is 13.6 Å². The van der Waals surface area contributed by atoms with E-state index in [2.05, 4.69) is 10.3 Å². The summed E-state index contributed by atoms with van der Waals surface area (Å²) in [6.07, 6.45) is 8.12. The zero-order valence-corrected chi connectivity index (χ0v) is 17.4. The van der Waals surface area contributed by atoms with Gasteiger partial charge in [-0.2, -0.15) is 0 Å². The molecule has 1 aliphatic carbocycles. The highest BCUT2D eigenvalue weighted by Gasteiger charge is 2.24. The van der Waals surface area contributed by atoms with Crippen molar-refractivity contribution >= 4 is 30.7 Å². The van der Waals surface area contributed by atoms with Crippen molar-refractivity contribution in [3.05, 3.63) is 42.2 Å². The van der Waals surface area contributed by atoms with E-state index in [-0.39, 0.29) is 49.0 Å². The Morgan fingerprint density at radius 2 is 1.96 bits per heavy atom. The van der Waals surface area contributed by atoms with Crippen LogP contribution in [-0.2, 0) is 11.2 Å². The first-order chi connectivity index (χ1) is 12.7. The number of hydrogen-bond acceptors (Lipinski definition) is 4. The van der Waals surface area contributed by atoms with E-state index in [1.165, 1.54) is 31.5 Å². The van der Waals surface area contributed by atoms with Crippen LogP contribution in [0.2, 0.25) is 0 Å². The minimum atomic E-state index is -0.355. The van der Waals surface area contributed by atoms with Crippen LogP contribution in [0.4, 0.5) is 4.39 Å². The molecule has 1 amide bonds. The Morgan fingerprint density at radius 3 is 2.64 bits per heavy atom. The lowest BCUT2D eigenvalue weighted by atomic mass is 9.84. The van der Waals surface area contributed by atoms with Crippen molar-refractivity contribution in [2.75, 3.05) is 6.54 Å². The monoisotopic (exact) mass is 431 g/mol. The second-order valence-corrected chi connectivity index (χ2v) is 6.91. The number of aryl methyl sites for hydroxylation is 1. The van der Waals surface area contributed by atoms with Gasteiger partial charge in [0.1, 0.15) is 5.82 Å². The third kappa shape index (κ3) is 6.47. The quantitative estimate of drug-likeness (QED) is 0.685. The van der Waals surface area contributed by atoms with E-state index in [1.807, 2.05) is 0 Å². The van der Waals surface area contributed by atoms with E-state index in [4.69, 9.17) is 10.2 Å². The molecule has 3 rings (SSSR count). The van der Waals surface area contributed by atoms with E-state index >= 15 is 0 Å². The Bertz CT molecular complexity index is 736. The van der Waals surface area contributed by atoms with Crippen LogP contribution in [0.1, 0.15) is 44.4 Å². The van der Waals surface area contributed by atoms with Crippen LogP contribution in [0.15, 0.2) is 34.9 Å². The van der Waals surface area contributed by atoms with Gasteiger partial charge >= 0.3 is 0 Å². The summed E-state index contributed by atoms with van der Waals surface area (Å²) in [6.45, 7) is 0.465. The van der Waals surface area contributed by atoms with Crippen LogP contribution in [0.3, 0.4) is 0 Å². The highest BCUT2D eigenvalue weighted by Crippen LogP contribution is 2.26. The van der Waals surface area contributed by atoms with E-state index < -0.39 is 0 Å². The number of amides is 1. The molecule has 1 aromatic heterocycles. The second-order valence-electron chi connectivity index (χ2n) is 6.91. The number of carbonyl (C=O) groups is 1. The van der Waals surface area contributed by atoms with Crippen LogP contribution >= 0.6 is 24.8 Å². The van der Waals surface area contributed by atoms with E-state index in [0.29, 0.717) is 36.1 Å². The number of nitrogens with zero attached hydrogens (tertiary/aromatic N) is 1. The van der Waals surface area contributed by atoms with Crippen LogP contribution in [0.5, 0.6) is 0 Å². The fourth-order valence-corrected chi connectivity index (χ4v) is 3.62. The summed E-state index contributed by atoms with van der Waals surface area (Å²) in [7, 11) is 0. The standard InChI is InChI=1S/C20H26FN3O2.2ClH/c21-16-9-5-4-8-15(16)18-13-23-20(26-18)11-10-19(25)24-17(12-22)14-6-2-1-3-7-14;;/h4-5,8-9,13-14,17H,1-3,6-7,10-12,22H2,(H,24,25);2*1H. The molecule has 1 aliphatic rings. The first kappa shape index (κ1) is 24.4. The van der Waals surface area contributed by atoms with Crippen molar-refractivity contribution in [3.8, 4) is 11.3 Å². The molecule has 2 aromatic rings. The van der Waals surface area contributed by atoms with Crippen LogP contribution in [-0.4, -0.2) is 23.5 Å². The summed E-state index contributed by atoms with van der Waals surface area (Å²) >= 11 is 0. The molecule has 1 aromatic carbocycles. The van der Waals surface area contributed by atoms with Crippen molar-refractivity contribution in [2.24, 2.45) is 11.7 Å². The first-order valence-electron chi connectivity index (χ1n) is 9.36. The highest BCUT2D eigenvalue weighted by atomic mass is 35.5. The first-order valence-corrected chi connectivity index (χ1v) is 9.36. The fourth-order valence-electron chi connectivity index (χ4n) is 3.62. The summed E-state index contributed by atoms with van der Waals surface area (Å²) in [6, 6.07) is 6.43. The molecule has 28 heavy (non-hydrogen) atoms. The largest absolute Gasteiger partial charge is 0.441 e. The number of nitrogens with one attached hydrogen (secondary N) is 1. The Labute approximate surface area is 177 Å². The highest BCUT2D eigenvalue weighted by molar-refractivity contribution is 5.85. The summed E-state index contributed by atoms with van der Waals surface area (Å²) in [5, 5.41) is 3.06. The number of aromatic nitrogens is 1. The third-order valence-corrected chi connectivity index (χ3v) is 5.08. The lowest BCUT2D eigenvalue weighted by Gasteiger charge is -2.30. The molecule has 0 aliphatic heterocycles. The maximum absolute atomic E-state index is 13.8. The number of carbonyl (C=O) groups excluding carboxylic acids is 1. The van der Waals surface area contributed by atoms with Crippen molar-refractivity contribution in [3.63, 3.8) is 0 Å². The van der Waals surface area contributed by atoms with Crippen molar-refractivity contribution in [1.82, 2.24) is 10.3 Å². The van der Waals surface area contributed by atoms with Crippen molar-refractivity contribution in [1.29, 1.82) is 0 Å². The molecule has 3 N–H and O–H groups in total. The minimum absolute atomic E-state index is 0. The van der Waals surface area contributed by atoms with Crippen LogP contribution in [0.25, 0.3) is 11.3 Å². The molecule has 0 saturated heterocycles. The predicted molar refractivity (Wildman–Crippen MR) is 112 cm³/mol. The van der Waals surface area contributed by atoms with E-state index in [9.17, 15) is 9.18 Å². The van der Waals surface area contributed by atoms with E-state index in [0.717, 1.165) is 12.8 Å². The molecule has 0 radical (unpaired) electrons. The van der Waals surface area contributed by atoms with Gasteiger partial charge in [-0.15, -0.1) is 24.8 Å². The maximum atomic E-state index is 13.8. The molecule has 1 unspecified atom stereocenters. The summed E-state index contributed by atoms with van der Waals surface area (Å²) in [5.41, 5.74) is 6.23. The maximum Gasteiger partial charge on any atom is 0.220 e. The van der Waals surface area contributed by atoms with Gasteiger partial charge in [-0.25, -0.2) is 9.37 Å². The Balaban J connectivity index is 0.00000196. The Kier molecular flexibility index (Phi) is 10.5. The fraction of sp³-hybridized carbons (Fsp3) is 0.500. The zero-order valence-electron chi connectivity index (χ0n) is 15.7. The van der Waals surface area contributed by atoms with E-state index in [1.54, 1.807) is 18.2 Å². The van der Waals surface area contributed by atoms with Crippen molar-refractivity contribution in [2.45, 2.75) is 51.0 Å². The smallest absolute Gasteiger partial charge is 0.220 e.